The maximum absolute atomic E-state index is 12.0. The Morgan fingerprint density at radius 2 is 1.86 bits per heavy atom. The van der Waals surface area contributed by atoms with Crippen LogP contribution >= 0.6 is 7.82 Å². The van der Waals surface area contributed by atoms with Crippen LogP contribution in [0.15, 0.2) is 29.8 Å². The molecular formula is C21H25NNaO5P. The first-order chi connectivity index (χ1) is 13.5. The van der Waals surface area contributed by atoms with E-state index in [1.165, 1.54) is 37.7 Å². The molecule has 5 rings (SSSR count). The topological polar surface area (TPSA) is 91.6 Å². The number of hydrogen-bond donors (Lipinski definition) is 0. The predicted octanol–water partition coefficient (Wildman–Crippen LogP) is 1.28. The molecule has 4 fully saturated rings. The normalized spacial score (nSPS) is 28.8. The van der Waals surface area contributed by atoms with Crippen LogP contribution in [0, 0.1) is 35.0 Å². The van der Waals surface area contributed by atoms with Crippen LogP contribution in [0.2, 0.25) is 0 Å². The van der Waals surface area contributed by atoms with Gasteiger partial charge in [-0.1, -0.05) is 12.1 Å². The Labute approximate surface area is 194 Å². The summed E-state index contributed by atoms with van der Waals surface area (Å²) in [6.45, 7) is -0.212. The third-order valence-electron chi connectivity index (χ3n) is 6.26. The number of rotatable bonds is 7. The number of nitrogens with zero attached hydrogens (tertiary/aromatic N) is 1. The Kier molecular flexibility index (Phi) is 7.54. The van der Waals surface area contributed by atoms with Gasteiger partial charge in [-0.05, 0) is 73.5 Å². The van der Waals surface area contributed by atoms with E-state index in [4.69, 9.17) is 19.0 Å². The van der Waals surface area contributed by atoms with Gasteiger partial charge in [0.2, 0.25) is 0 Å². The minimum Gasteiger partial charge on any atom is -0.746 e. The Morgan fingerprint density at radius 1 is 1.21 bits per heavy atom. The summed E-state index contributed by atoms with van der Waals surface area (Å²) >= 11 is 0. The fourth-order valence-electron chi connectivity index (χ4n) is 5.52. The SMILES string of the molecule is COC(=C1C2CC3CC(C2)CC1C3)c1cccc(OP(=O)([O-])OCCC#N)c1.[Na+]. The van der Waals surface area contributed by atoms with Crippen molar-refractivity contribution in [1.29, 1.82) is 5.26 Å². The van der Waals surface area contributed by atoms with E-state index in [0.717, 1.165) is 23.2 Å². The molecule has 0 saturated heterocycles. The second-order valence-electron chi connectivity index (χ2n) is 8.10. The van der Waals surface area contributed by atoms with Crippen LogP contribution in [0.25, 0.3) is 5.76 Å². The minimum absolute atomic E-state index is 0. The first-order valence-corrected chi connectivity index (χ1v) is 11.4. The molecule has 6 nitrogen and oxygen atoms in total. The molecule has 0 heterocycles. The van der Waals surface area contributed by atoms with Crippen molar-refractivity contribution in [3.63, 3.8) is 0 Å². The summed E-state index contributed by atoms with van der Waals surface area (Å²) in [7, 11) is -2.83. The summed E-state index contributed by atoms with van der Waals surface area (Å²) in [5.74, 6) is 3.93. The zero-order chi connectivity index (χ0) is 19.7. The molecular weight excluding hydrogens is 400 g/mol. The van der Waals surface area contributed by atoms with Crippen LogP contribution < -0.4 is 39.0 Å². The molecule has 1 aromatic carbocycles. The van der Waals surface area contributed by atoms with Crippen molar-refractivity contribution >= 4 is 13.6 Å². The zero-order valence-electron chi connectivity index (χ0n) is 17.0. The van der Waals surface area contributed by atoms with Gasteiger partial charge in [0.05, 0.1) is 26.2 Å². The first-order valence-electron chi connectivity index (χ1n) is 9.89. The average Bonchev–Trinajstić information content (AvgIpc) is 2.64. The number of phosphoric acid groups is 1. The van der Waals surface area contributed by atoms with Gasteiger partial charge in [0.25, 0.3) is 0 Å². The van der Waals surface area contributed by atoms with Gasteiger partial charge in [0.15, 0.2) is 0 Å². The van der Waals surface area contributed by atoms with Crippen molar-refractivity contribution in [2.45, 2.75) is 38.5 Å². The van der Waals surface area contributed by atoms with Crippen molar-refractivity contribution in [2.24, 2.45) is 23.7 Å². The monoisotopic (exact) mass is 425 g/mol. The molecule has 0 radical (unpaired) electrons. The smallest absolute Gasteiger partial charge is 0.746 e. The fraction of sp³-hybridized carbons (Fsp3) is 0.571. The minimum atomic E-state index is -4.51. The van der Waals surface area contributed by atoms with E-state index in [9.17, 15) is 9.46 Å². The molecule has 1 unspecified atom stereocenters. The van der Waals surface area contributed by atoms with Gasteiger partial charge in [-0.25, -0.2) is 0 Å². The second kappa shape index (κ2) is 9.56. The summed E-state index contributed by atoms with van der Waals surface area (Å²) in [4.78, 5) is 12.0. The van der Waals surface area contributed by atoms with Crippen LogP contribution in [0.3, 0.4) is 0 Å². The maximum Gasteiger partial charge on any atom is 1.00 e. The van der Waals surface area contributed by atoms with Crippen LogP contribution in [0.5, 0.6) is 5.75 Å². The summed E-state index contributed by atoms with van der Waals surface area (Å²) in [6, 6.07) is 8.79. The quantitative estimate of drug-likeness (QED) is 0.283. The molecule has 1 aromatic rings. The number of methoxy groups -OCH3 is 1. The predicted molar refractivity (Wildman–Crippen MR) is 102 cm³/mol. The largest absolute Gasteiger partial charge is 1.00 e. The molecule has 4 aliphatic carbocycles. The van der Waals surface area contributed by atoms with Crippen molar-refractivity contribution in [3.05, 3.63) is 35.4 Å². The van der Waals surface area contributed by atoms with E-state index in [1.807, 2.05) is 12.1 Å². The van der Waals surface area contributed by atoms with Gasteiger partial charge in [0, 0.05) is 5.56 Å². The van der Waals surface area contributed by atoms with E-state index in [1.54, 1.807) is 25.3 Å². The van der Waals surface area contributed by atoms with Gasteiger partial charge in [0.1, 0.15) is 11.5 Å². The molecule has 0 spiro atoms. The van der Waals surface area contributed by atoms with Crippen molar-refractivity contribution in [3.8, 4) is 11.8 Å². The number of phosphoric ester groups is 1. The van der Waals surface area contributed by atoms with Crippen LogP contribution in [0.4, 0.5) is 0 Å². The first kappa shape index (κ1) is 22.9. The standard InChI is InChI=1S/C21H26NO5P.Na/c1-25-21(20-17-9-14-8-15(11-17)12-18(20)10-14)16-4-2-5-19(13-16)27-28(23,24)26-7-3-6-22;/h2,4-5,13-15,17-18H,3,7-12H2,1H3,(H,23,24);/q;+1/p-1. The second-order valence-corrected chi connectivity index (χ2v) is 9.44. The number of hydrogen-bond acceptors (Lipinski definition) is 6. The van der Waals surface area contributed by atoms with E-state index in [2.05, 4.69) is 0 Å². The molecule has 4 aliphatic rings. The van der Waals surface area contributed by atoms with Crippen molar-refractivity contribution in [1.82, 2.24) is 0 Å². The molecule has 0 amide bonds. The van der Waals surface area contributed by atoms with E-state index < -0.39 is 7.82 Å². The van der Waals surface area contributed by atoms with Crippen molar-refractivity contribution in [2.75, 3.05) is 13.7 Å². The Hall–Kier alpha value is -0.800. The van der Waals surface area contributed by atoms with Gasteiger partial charge in [-0.15, -0.1) is 0 Å². The molecule has 8 heteroatoms. The third kappa shape index (κ3) is 5.10. The number of benzene rings is 1. The number of allylic oxidation sites excluding steroid dienone is 1. The van der Waals surface area contributed by atoms with Crippen LogP contribution in [0.1, 0.15) is 44.1 Å². The molecule has 0 aliphatic heterocycles. The van der Waals surface area contributed by atoms with Crippen molar-refractivity contribution < 1.29 is 52.8 Å². The van der Waals surface area contributed by atoms with E-state index in [-0.39, 0.29) is 48.3 Å². The maximum atomic E-state index is 12.0. The van der Waals surface area contributed by atoms with E-state index in [0.29, 0.717) is 11.8 Å². The van der Waals surface area contributed by atoms with Gasteiger partial charge >= 0.3 is 37.4 Å². The summed E-state index contributed by atoms with van der Waals surface area (Å²) in [5, 5.41) is 8.51. The van der Waals surface area contributed by atoms with Gasteiger partial charge in [-0.2, -0.15) is 5.26 Å². The molecule has 0 aromatic heterocycles. The molecule has 0 N–H and O–H groups in total. The number of ether oxygens (including phenoxy) is 1. The van der Waals surface area contributed by atoms with Gasteiger partial charge < -0.3 is 18.7 Å². The summed E-state index contributed by atoms with van der Waals surface area (Å²) in [6.07, 6.45) is 6.35. The van der Waals surface area contributed by atoms with Gasteiger partial charge in [-0.3, -0.25) is 4.57 Å². The van der Waals surface area contributed by atoms with Crippen LogP contribution in [-0.4, -0.2) is 13.7 Å². The Bertz CT molecular complexity index is 835. The molecule has 29 heavy (non-hydrogen) atoms. The average molecular weight is 425 g/mol. The van der Waals surface area contributed by atoms with E-state index >= 15 is 0 Å². The Morgan fingerprint density at radius 3 is 2.45 bits per heavy atom. The molecule has 4 bridgehead atoms. The third-order valence-corrected chi connectivity index (χ3v) is 7.19. The summed E-state index contributed by atoms with van der Waals surface area (Å²) in [5.41, 5.74) is 2.24. The fourth-order valence-corrected chi connectivity index (χ4v) is 6.26. The summed E-state index contributed by atoms with van der Waals surface area (Å²) < 4.78 is 27.6. The zero-order valence-corrected chi connectivity index (χ0v) is 19.9. The number of nitriles is 1. The molecule has 1 atom stereocenters. The van der Waals surface area contributed by atoms with Crippen LogP contribution in [-0.2, 0) is 13.8 Å². The molecule has 150 valence electrons. The molecule has 4 saturated carbocycles. The Balaban J connectivity index is 0.00000240.